The van der Waals surface area contributed by atoms with Gasteiger partial charge in [-0.2, -0.15) is 13.2 Å². The van der Waals surface area contributed by atoms with Gasteiger partial charge in [0, 0.05) is 11.9 Å². The Kier molecular flexibility index (Phi) is 4.29. The lowest BCUT2D eigenvalue weighted by atomic mass is 9.95. The first-order chi connectivity index (χ1) is 9.82. The molecule has 0 radical (unpaired) electrons. The third-order valence-electron chi connectivity index (χ3n) is 3.34. The van der Waals surface area contributed by atoms with E-state index in [9.17, 15) is 13.2 Å². The zero-order valence-electron chi connectivity index (χ0n) is 11.7. The predicted molar refractivity (Wildman–Crippen MR) is 74.3 cm³/mol. The Hall–Kier alpha value is -1.92. The van der Waals surface area contributed by atoms with E-state index < -0.39 is 17.8 Å². The zero-order chi connectivity index (χ0) is 15.6. The molecule has 1 unspecified atom stereocenters. The highest BCUT2D eigenvalue weighted by Crippen LogP contribution is 2.32. The first kappa shape index (κ1) is 15.5. The highest BCUT2D eigenvalue weighted by molar-refractivity contribution is 5.39. The fourth-order valence-electron chi connectivity index (χ4n) is 2.19. The number of nitrogens with two attached hydrogens (primary N) is 1. The molecule has 1 heterocycles. The lowest BCUT2D eigenvalue weighted by Crippen LogP contribution is -2.29. The number of alkyl halides is 3. The summed E-state index contributed by atoms with van der Waals surface area (Å²) in [4.78, 5) is 4.18. The van der Waals surface area contributed by atoms with Crippen LogP contribution in [0.3, 0.4) is 0 Å². The Morgan fingerprint density at radius 3 is 2.33 bits per heavy atom. The van der Waals surface area contributed by atoms with Gasteiger partial charge in [-0.15, -0.1) is 0 Å². The maximum Gasteiger partial charge on any atom is 0.416 e. The number of hydrazine groups is 1. The summed E-state index contributed by atoms with van der Waals surface area (Å²) < 4.78 is 38.1. The molecule has 0 aliphatic rings. The van der Waals surface area contributed by atoms with Crippen LogP contribution in [-0.4, -0.2) is 4.98 Å². The Labute approximate surface area is 121 Å². The summed E-state index contributed by atoms with van der Waals surface area (Å²) in [5.41, 5.74) is 4.84. The van der Waals surface area contributed by atoms with Gasteiger partial charge in [-0.25, -0.2) is 5.43 Å². The Morgan fingerprint density at radius 2 is 1.86 bits per heavy atom. The van der Waals surface area contributed by atoms with Gasteiger partial charge in [0.1, 0.15) is 0 Å². The number of nitrogens with zero attached hydrogens (tertiary/aromatic N) is 1. The lowest BCUT2D eigenvalue weighted by Gasteiger charge is -2.20. The fourth-order valence-corrected chi connectivity index (χ4v) is 2.19. The maximum atomic E-state index is 12.7. The molecule has 112 valence electrons. The van der Waals surface area contributed by atoms with Crippen LogP contribution in [0.25, 0.3) is 0 Å². The molecule has 1 aromatic heterocycles. The van der Waals surface area contributed by atoms with Crippen LogP contribution in [0.15, 0.2) is 36.5 Å². The van der Waals surface area contributed by atoms with Crippen molar-refractivity contribution in [2.45, 2.75) is 26.1 Å². The van der Waals surface area contributed by atoms with Crippen LogP contribution in [0, 0.1) is 13.8 Å². The molecule has 2 rings (SSSR count). The quantitative estimate of drug-likeness (QED) is 0.675. The molecular formula is C15H16F3N3. The number of hydrogen-bond acceptors (Lipinski definition) is 3. The SMILES string of the molecule is Cc1ccc(C(NN)c2ccc(C(F)(F)F)cc2C)cn1. The smallest absolute Gasteiger partial charge is 0.271 e. The average molecular weight is 295 g/mol. The van der Waals surface area contributed by atoms with Gasteiger partial charge in [-0.05, 0) is 48.7 Å². The van der Waals surface area contributed by atoms with Gasteiger partial charge < -0.3 is 0 Å². The minimum absolute atomic E-state index is 0.402. The van der Waals surface area contributed by atoms with E-state index in [2.05, 4.69) is 10.4 Å². The predicted octanol–water partition coefficient (Wildman–Crippen LogP) is 3.27. The Morgan fingerprint density at radius 1 is 1.14 bits per heavy atom. The molecule has 0 aliphatic heterocycles. The average Bonchev–Trinajstić information content (AvgIpc) is 2.42. The Bertz CT molecular complexity index is 621. The zero-order valence-corrected chi connectivity index (χ0v) is 11.7. The third kappa shape index (κ3) is 3.40. The molecule has 0 amide bonds. The normalized spacial score (nSPS) is 13.2. The third-order valence-corrected chi connectivity index (χ3v) is 3.34. The second-order valence-electron chi connectivity index (χ2n) is 4.90. The van der Waals surface area contributed by atoms with Crippen LogP contribution in [0.2, 0.25) is 0 Å². The number of pyridine rings is 1. The van der Waals surface area contributed by atoms with E-state index in [1.165, 1.54) is 6.07 Å². The van der Waals surface area contributed by atoms with Crippen LogP contribution in [0.4, 0.5) is 13.2 Å². The molecule has 0 saturated heterocycles. The largest absolute Gasteiger partial charge is 0.416 e. The van der Waals surface area contributed by atoms with E-state index in [4.69, 9.17) is 5.84 Å². The summed E-state index contributed by atoms with van der Waals surface area (Å²) in [5.74, 6) is 5.57. The summed E-state index contributed by atoms with van der Waals surface area (Å²) in [6, 6.07) is 6.92. The van der Waals surface area contributed by atoms with Crippen molar-refractivity contribution in [3.05, 3.63) is 64.5 Å². The molecule has 0 aliphatic carbocycles. The molecule has 2 aromatic rings. The van der Waals surface area contributed by atoms with Crippen LogP contribution >= 0.6 is 0 Å². The van der Waals surface area contributed by atoms with Gasteiger partial charge in [-0.1, -0.05) is 12.1 Å². The van der Waals surface area contributed by atoms with Gasteiger partial charge in [0.2, 0.25) is 0 Å². The molecular weight excluding hydrogens is 279 g/mol. The lowest BCUT2D eigenvalue weighted by molar-refractivity contribution is -0.137. The van der Waals surface area contributed by atoms with Gasteiger partial charge >= 0.3 is 6.18 Å². The molecule has 1 atom stereocenters. The van der Waals surface area contributed by atoms with Crippen LogP contribution in [-0.2, 0) is 6.18 Å². The summed E-state index contributed by atoms with van der Waals surface area (Å²) in [6.45, 7) is 3.49. The summed E-state index contributed by atoms with van der Waals surface area (Å²) in [6.07, 6.45) is -2.68. The summed E-state index contributed by atoms with van der Waals surface area (Å²) in [7, 11) is 0. The van der Waals surface area contributed by atoms with E-state index in [-0.39, 0.29) is 0 Å². The molecule has 6 heteroatoms. The van der Waals surface area contributed by atoms with Crippen molar-refractivity contribution in [1.29, 1.82) is 0 Å². The molecule has 1 aromatic carbocycles. The number of benzene rings is 1. The molecule has 0 saturated carbocycles. The number of nitrogens with one attached hydrogen (secondary N) is 1. The van der Waals surface area contributed by atoms with E-state index >= 15 is 0 Å². The minimum atomic E-state index is -4.35. The topological polar surface area (TPSA) is 50.9 Å². The van der Waals surface area contributed by atoms with Crippen molar-refractivity contribution < 1.29 is 13.2 Å². The maximum absolute atomic E-state index is 12.7. The molecule has 0 fully saturated rings. The van der Waals surface area contributed by atoms with E-state index in [0.717, 1.165) is 23.4 Å². The first-order valence-electron chi connectivity index (χ1n) is 6.39. The van der Waals surface area contributed by atoms with Crippen molar-refractivity contribution in [2.24, 2.45) is 5.84 Å². The van der Waals surface area contributed by atoms with Gasteiger partial charge in [0.15, 0.2) is 0 Å². The van der Waals surface area contributed by atoms with Crippen LogP contribution < -0.4 is 11.3 Å². The molecule has 0 spiro atoms. The number of aromatic nitrogens is 1. The summed E-state index contributed by atoms with van der Waals surface area (Å²) in [5, 5.41) is 0. The Balaban J connectivity index is 2.41. The molecule has 3 nitrogen and oxygen atoms in total. The van der Waals surface area contributed by atoms with Crippen molar-refractivity contribution in [3.8, 4) is 0 Å². The number of hydrogen-bond donors (Lipinski definition) is 2. The standard InChI is InChI=1S/C15H16F3N3/c1-9-7-12(15(16,17)18)5-6-13(9)14(21-19)11-4-3-10(2)20-8-11/h3-8,14,21H,19H2,1-2H3. The number of rotatable bonds is 3. The van der Waals surface area contributed by atoms with Gasteiger partial charge in [0.25, 0.3) is 0 Å². The first-order valence-corrected chi connectivity index (χ1v) is 6.39. The van der Waals surface area contributed by atoms with E-state index in [1.807, 2.05) is 19.1 Å². The van der Waals surface area contributed by atoms with Crippen molar-refractivity contribution in [1.82, 2.24) is 10.4 Å². The van der Waals surface area contributed by atoms with E-state index in [0.29, 0.717) is 11.1 Å². The minimum Gasteiger partial charge on any atom is -0.271 e. The van der Waals surface area contributed by atoms with Crippen molar-refractivity contribution >= 4 is 0 Å². The van der Waals surface area contributed by atoms with Crippen LogP contribution in [0.5, 0.6) is 0 Å². The molecule has 0 bridgehead atoms. The highest BCUT2D eigenvalue weighted by atomic mass is 19.4. The monoisotopic (exact) mass is 295 g/mol. The second-order valence-corrected chi connectivity index (χ2v) is 4.90. The second kappa shape index (κ2) is 5.83. The number of halogens is 3. The number of aryl methyl sites for hydroxylation is 2. The summed E-state index contributed by atoms with van der Waals surface area (Å²) >= 11 is 0. The van der Waals surface area contributed by atoms with Gasteiger partial charge in [0.05, 0.1) is 11.6 Å². The molecule has 21 heavy (non-hydrogen) atoms. The van der Waals surface area contributed by atoms with Crippen molar-refractivity contribution in [2.75, 3.05) is 0 Å². The van der Waals surface area contributed by atoms with Crippen LogP contribution in [0.1, 0.15) is 34.0 Å². The van der Waals surface area contributed by atoms with Crippen molar-refractivity contribution in [3.63, 3.8) is 0 Å². The fraction of sp³-hybridized carbons (Fsp3) is 0.267. The molecule has 3 N–H and O–H groups in total. The highest BCUT2D eigenvalue weighted by Gasteiger charge is 2.31. The van der Waals surface area contributed by atoms with Gasteiger partial charge in [-0.3, -0.25) is 10.8 Å². The van der Waals surface area contributed by atoms with E-state index in [1.54, 1.807) is 13.1 Å².